The molecule has 2 bridgehead atoms. The number of carbonyl (C=O) groups excluding carboxylic acids is 1. The molecule has 4 aliphatic rings. The van der Waals surface area contributed by atoms with E-state index in [2.05, 4.69) is 17.4 Å². The molecule has 42 heavy (non-hydrogen) atoms. The van der Waals surface area contributed by atoms with Crippen molar-refractivity contribution in [3.8, 4) is 23.3 Å². The number of likely N-dealkylation sites (N-methyl/N-ethyl adjacent to an activating group) is 1. The summed E-state index contributed by atoms with van der Waals surface area (Å²) in [7, 11) is 1.61. The molecule has 1 spiro atoms. The number of ether oxygens (including phenoxy) is 2. The van der Waals surface area contributed by atoms with Crippen molar-refractivity contribution in [2.24, 2.45) is 0 Å². The minimum absolute atomic E-state index is 0.0612. The number of amides is 1. The fourth-order valence-electron chi connectivity index (χ4n) is 7.82. The normalized spacial score (nSPS) is 31.1. The molecule has 2 aliphatic carbocycles. The molecule has 0 aromatic heterocycles. The van der Waals surface area contributed by atoms with Gasteiger partial charge in [0, 0.05) is 31.3 Å². The molecule has 8 nitrogen and oxygen atoms in total. The quantitative estimate of drug-likeness (QED) is 0.392. The van der Waals surface area contributed by atoms with Gasteiger partial charge in [0.05, 0.1) is 29.2 Å². The highest BCUT2D eigenvalue weighted by atomic mass is 19.4. The van der Waals surface area contributed by atoms with Gasteiger partial charge in [0.2, 0.25) is 5.91 Å². The van der Waals surface area contributed by atoms with E-state index in [9.17, 15) is 33.4 Å². The van der Waals surface area contributed by atoms with Crippen LogP contribution in [0.2, 0.25) is 0 Å². The second-order valence-corrected chi connectivity index (χ2v) is 11.4. The summed E-state index contributed by atoms with van der Waals surface area (Å²) < 4.78 is 48.4. The van der Waals surface area contributed by atoms with Crippen LogP contribution in [0, 0.1) is 11.3 Å². The number of aromatic hydroxyl groups is 1. The van der Waals surface area contributed by atoms with E-state index in [4.69, 9.17) is 4.74 Å². The number of nitrogens with zero attached hydrogens (tertiary/aromatic N) is 3. The Hall–Kier alpha value is -4.01. The lowest BCUT2D eigenvalue weighted by atomic mass is 9.47. The van der Waals surface area contributed by atoms with Gasteiger partial charge in [-0.05, 0) is 61.1 Å². The molecule has 1 saturated heterocycles. The zero-order chi connectivity index (χ0) is 30.0. The number of piperidine rings is 1. The maximum absolute atomic E-state index is 13.4. The maximum Gasteiger partial charge on any atom is 0.573 e. The largest absolute Gasteiger partial charge is 0.573 e. The average Bonchev–Trinajstić information content (AvgIpc) is 3.29. The molecule has 0 radical (unpaired) electrons. The Bertz CT molecular complexity index is 1520. The summed E-state index contributed by atoms with van der Waals surface area (Å²) in [5, 5.41) is 33.6. The van der Waals surface area contributed by atoms with Gasteiger partial charge in [-0.15, -0.1) is 19.8 Å². The summed E-state index contributed by atoms with van der Waals surface area (Å²) in [6.07, 6.45) is 0.276. The topological polar surface area (TPSA) is 106 Å². The summed E-state index contributed by atoms with van der Waals surface area (Å²) in [4.78, 5) is 16.9. The number of benzene rings is 2. The molecular formula is C31H30F3N3O5. The molecule has 2 aromatic carbocycles. The zero-order valence-electron chi connectivity index (χ0n) is 22.8. The summed E-state index contributed by atoms with van der Waals surface area (Å²) in [5.74, 6) is -0.589. The first-order valence-corrected chi connectivity index (χ1v) is 13.7. The van der Waals surface area contributed by atoms with Crippen molar-refractivity contribution < 1.29 is 37.7 Å². The minimum Gasteiger partial charge on any atom is -0.504 e. The minimum atomic E-state index is -4.83. The number of rotatable bonds is 6. The fraction of sp³-hybridized carbons (Fsp3) is 0.419. The number of hydrogen-bond donors (Lipinski definition) is 2. The van der Waals surface area contributed by atoms with Gasteiger partial charge in [-0.2, -0.15) is 5.26 Å². The van der Waals surface area contributed by atoms with Gasteiger partial charge in [0.15, 0.2) is 11.5 Å². The standard InChI is InChI=1S/C31H30F3N3O5/c1-3-13-37-20(17-35)16-29-26-19-8-9-23(38)27(26)41-28(29)22(11-12-30(29,40)24(37)15-19)36(2)25(39)10-7-18-5-4-6-21(14-18)42-31(32,33)34/h3-10,14,20,22,24,28,38,40H,1,11-13,15-16H2,2H3/t20?,22-,24-,28+,29+,30-/m1/s1. The van der Waals surface area contributed by atoms with Crippen LogP contribution in [-0.2, 0) is 16.6 Å². The van der Waals surface area contributed by atoms with Crippen LogP contribution in [0.15, 0.2) is 55.1 Å². The van der Waals surface area contributed by atoms with Gasteiger partial charge in [0.1, 0.15) is 11.9 Å². The van der Waals surface area contributed by atoms with Crippen molar-refractivity contribution in [3.63, 3.8) is 0 Å². The molecular weight excluding hydrogens is 551 g/mol. The van der Waals surface area contributed by atoms with Crippen molar-refractivity contribution in [3.05, 3.63) is 71.8 Å². The number of likely N-dealkylation sites (tertiary alicyclic amines) is 1. The Morgan fingerprint density at radius 2 is 2.14 bits per heavy atom. The van der Waals surface area contributed by atoms with Gasteiger partial charge in [-0.1, -0.05) is 24.3 Å². The van der Waals surface area contributed by atoms with Crippen molar-refractivity contribution >= 4 is 12.0 Å². The number of aliphatic hydroxyl groups is 1. The Balaban J connectivity index is 1.35. The third-order valence-electron chi connectivity index (χ3n) is 9.47. The van der Waals surface area contributed by atoms with Crippen molar-refractivity contribution in [2.45, 2.75) is 67.3 Å². The van der Waals surface area contributed by atoms with E-state index in [0.717, 1.165) is 5.56 Å². The lowest BCUT2D eigenvalue weighted by Gasteiger charge is -2.65. The molecule has 1 amide bonds. The van der Waals surface area contributed by atoms with Crippen LogP contribution < -0.4 is 9.47 Å². The predicted molar refractivity (Wildman–Crippen MR) is 146 cm³/mol. The van der Waals surface area contributed by atoms with E-state index < -0.39 is 53.3 Å². The molecule has 1 unspecified atom stereocenters. The van der Waals surface area contributed by atoms with Gasteiger partial charge >= 0.3 is 6.36 Å². The molecule has 2 aromatic rings. The lowest BCUT2D eigenvalue weighted by molar-refractivity contribution is -0.274. The van der Waals surface area contributed by atoms with Gasteiger partial charge in [-0.3, -0.25) is 9.69 Å². The average molecular weight is 582 g/mol. The first-order chi connectivity index (χ1) is 19.9. The number of halogens is 3. The maximum atomic E-state index is 13.4. The predicted octanol–water partition coefficient (Wildman–Crippen LogP) is 4.06. The van der Waals surface area contributed by atoms with E-state index in [1.807, 2.05) is 11.0 Å². The van der Waals surface area contributed by atoms with Crippen LogP contribution in [0.1, 0.15) is 36.0 Å². The fourth-order valence-corrected chi connectivity index (χ4v) is 7.82. The lowest BCUT2D eigenvalue weighted by Crippen LogP contribution is -2.79. The molecule has 2 fully saturated rings. The molecule has 6 rings (SSSR count). The summed E-state index contributed by atoms with van der Waals surface area (Å²) in [6.45, 7) is 4.28. The Labute approximate surface area is 240 Å². The number of alkyl halides is 3. The van der Waals surface area contributed by atoms with Crippen LogP contribution in [0.5, 0.6) is 17.2 Å². The number of phenols is 1. The van der Waals surface area contributed by atoms with E-state index in [1.165, 1.54) is 35.3 Å². The molecule has 2 aliphatic heterocycles. The van der Waals surface area contributed by atoms with E-state index in [0.29, 0.717) is 36.9 Å². The number of nitriles is 1. The Kier molecular flexibility index (Phi) is 6.55. The van der Waals surface area contributed by atoms with Crippen molar-refractivity contribution in [1.29, 1.82) is 5.26 Å². The monoisotopic (exact) mass is 581 g/mol. The van der Waals surface area contributed by atoms with Crippen LogP contribution in [0.4, 0.5) is 13.2 Å². The Morgan fingerprint density at radius 1 is 1.36 bits per heavy atom. The van der Waals surface area contributed by atoms with E-state index in [1.54, 1.807) is 25.3 Å². The van der Waals surface area contributed by atoms with E-state index >= 15 is 0 Å². The Morgan fingerprint density at radius 3 is 2.86 bits per heavy atom. The first kappa shape index (κ1) is 28.1. The highest BCUT2D eigenvalue weighted by molar-refractivity contribution is 5.92. The SMILES string of the molecule is C=CCN1C(C#N)C[C@]23c4c5ccc(O)c4O[C@H]2[C@H](N(C)C(=O)C=Cc2cccc(OC(F)(F)F)c2)CC[C@@]3(O)[C@H]1C5. The highest BCUT2D eigenvalue weighted by Gasteiger charge is 2.74. The number of hydrogen-bond acceptors (Lipinski definition) is 7. The number of carbonyl (C=O) groups is 1. The van der Waals surface area contributed by atoms with Crippen LogP contribution in [-0.4, -0.2) is 75.7 Å². The van der Waals surface area contributed by atoms with Gasteiger partial charge in [-0.25, -0.2) is 0 Å². The molecule has 11 heteroatoms. The van der Waals surface area contributed by atoms with Gasteiger partial charge in [0.25, 0.3) is 0 Å². The van der Waals surface area contributed by atoms with Crippen LogP contribution in [0.25, 0.3) is 6.08 Å². The van der Waals surface area contributed by atoms with Crippen molar-refractivity contribution in [2.75, 3.05) is 13.6 Å². The molecule has 2 heterocycles. The van der Waals surface area contributed by atoms with Crippen molar-refractivity contribution in [1.82, 2.24) is 9.80 Å². The molecule has 2 N–H and O–H groups in total. The summed E-state index contributed by atoms with van der Waals surface area (Å²) in [6, 6.07) is 9.65. The molecule has 6 atom stereocenters. The highest BCUT2D eigenvalue weighted by Crippen LogP contribution is 2.66. The second-order valence-electron chi connectivity index (χ2n) is 11.4. The van der Waals surface area contributed by atoms with Crippen LogP contribution >= 0.6 is 0 Å². The third kappa shape index (κ3) is 4.07. The molecule has 1 saturated carbocycles. The third-order valence-corrected chi connectivity index (χ3v) is 9.47. The smallest absolute Gasteiger partial charge is 0.504 e. The zero-order valence-corrected chi connectivity index (χ0v) is 22.8. The summed E-state index contributed by atoms with van der Waals surface area (Å²) >= 11 is 0. The van der Waals surface area contributed by atoms with Gasteiger partial charge < -0.3 is 24.6 Å². The first-order valence-electron chi connectivity index (χ1n) is 13.7. The summed E-state index contributed by atoms with van der Waals surface area (Å²) in [5.41, 5.74) is -0.333. The molecule has 220 valence electrons. The van der Waals surface area contributed by atoms with E-state index in [-0.39, 0.29) is 17.9 Å². The second kappa shape index (κ2) is 9.78. The van der Waals surface area contributed by atoms with Crippen LogP contribution in [0.3, 0.4) is 0 Å². The number of phenolic OH excluding ortho intramolecular Hbond substituents is 1.